The maximum Gasteiger partial charge on any atom is 0.361 e. The molecule has 0 N–H and O–H groups in total. The van der Waals surface area contributed by atoms with Gasteiger partial charge in [0.25, 0.3) is 0 Å². The third-order valence-corrected chi connectivity index (χ3v) is 21.0. The number of ether oxygens (including phenoxy) is 8. The summed E-state index contributed by atoms with van der Waals surface area (Å²) in [6.45, 7) is 6.43. The number of aliphatic imine (C=N–C) groups is 4. The van der Waals surface area contributed by atoms with Gasteiger partial charge in [-0.3, -0.25) is 38.2 Å². The van der Waals surface area contributed by atoms with Gasteiger partial charge in [0.05, 0.1) is 114 Å². The lowest BCUT2D eigenvalue weighted by atomic mass is 9.95. The summed E-state index contributed by atoms with van der Waals surface area (Å²) in [4.78, 5) is 93.0. The fourth-order valence-corrected chi connectivity index (χ4v) is 15.3. The summed E-state index contributed by atoms with van der Waals surface area (Å²) < 4.78 is 50.1. The Balaban J connectivity index is 0.000000177. The van der Waals surface area contributed by atoms with E-state index in [1.165, 1.54) is 22.7 Å². The summed E-state index contributed by atoms with van der Waals surface area (Å²) >= 11 is 2.92. The van der Waals surface area contributed by atoms with Crippen LogP contribution in [0.25, 0.3) is 22.7 Å². The molecule has 24 nitrogen and oxygen atoms in total. The van der Waals surface area contributed by atoms with Crippen LogP contribution in [0.3, 0.4) is 0 Å². The minimum Gasteiger partial charge on any atom is -0.434 e. The molecule has 16 rings (SSSR count). The van der Waals surface area contributed by atoms with Crippen molar-refractivity contribution in [1.29, 1.82) is 0 Å². The van der Waals surface area contributed by atoms with Crippen LogP contribution in [-0.2, 0) is 64.1 Å². The van der Waals surface area contributed by atoms with E-state index >= 15 is 0 Å². The molecule has 26 heteroatoms. The van der Waals surface area contributed by atoms with Crippen molar-refractivity contribution in [2.75, 3.05) is 40.8 Å². The number of aryl methyl sites for hydroxylation is 4. The molecular weight excluding hydrogens is 1460 g/mol. The van der Waals surface area contributed by atoms with Crippen molar-refractivity contribution in [2.45, 2.75) is 53.9 Å². The number of terminal acetylenes is 4. The van der Waals surface area contributed by atoms with Crippen molar-refractivity contribution in [3.8, 4) is 72.1 Å². The molecule has 12 aromatic rings. The number of esters is 4. The molecule has 10 heterocycles. The number of hydrogen-bond donors (Lipinski definition) is 0. The lowest BCUT2D eigenvalue weighted by Crippen LogP contribution is -2.15. The summed E-state index contributed by atoms with van der Waals surface area (Å²) in [5, 5.41) is 0. The summed E-state index contributed by atoms with van der Waals surface area (Å²) in [5.41, 5.74) is 20.1. The molecule has 6 aromatic heterocycles. The largest absolute Gasteiger partial charge is 0.434 e. The predicted molar refractivity (Wildman–Crippen MR) is 419 cm³/mol. The highest BCUT2D eigenvalue weighted by molar-refractivity contribution is 7.15. The van der Waals surface area contributed by atoms with Gasteiger partial charge in [-0.2, -0.15) is 0 Å². The van der Waals surface area contributed by atoms with E-state index in [1.54, 1.807) is 25.3 Å². The van der Waals surface area contributed by atoms with E-state index in [4.69, 9.17) is 83.6 Å². The molecule has 6 aromatic carbocycles. The molecule has 0 spiro atoms. The van der Waals surface area contributed by atoms with Gasteiger partial charge < -0.3 is 37.9 Å². The predicted octanol–water partition coefficient (Wildman–Crippen LogP) is 12.6. The van der Waals surface area contributed by atoms with Gasteiger partial charge in [0.1, 0.15) is 25.3 Å². The number of thiophene rings is 2. The van der Waals surface area contributed by atoms with Gasteiger partial charge in [0, 0.05) is 44.5 Å². The Labute approximate surface area is 650 Å². The second kappa shape index (κ2) is 32.6. The number of rotatable bonds is 20. The van der Waals surface area contributed by atoms with Crippen molar-refractivity contribution in [3.05, 3.63) is 303 Å². The third kappa shape index (κ3) is 14.6. The summed E-state index contributed by atoms with van der Waals surface area (Å²) in [6.07, 6.45) is 29.3. The van der Waals surface area contributed by atoms with Crippen LogP contribution in [0.5, 0.6) is 0 Å². The average Bonchev–Trinajstić information content (AvgIpc) is 1.62. The molecule has 0 saturated heterocycles. The summed E-state index contributed by atoms with van der Waals surface area (Å²) in [6, 6.07) is 46.9. The maximum atomic E-state index is 13.2. The van der Waals surface area contributed by atoms with Crippen LogP contribution in [0.15, 0.2) is 191 Å². The Hall–Kier alpha value is -13.8. The van der Waals surface area contributed by atoms with Crippen molar-refractivity contribution in [2.24, 2.45) is 20.0 Å². The van der Waals surface area contributed by atoms with Gasteiger partial charge >= 0.3 is 23.9 Å². The van der Waals surface area contributed by atoms with Crippen LogP contribution in [0, 0.1) is 77.1 Å². The molecule has 0 aliphatic carbocycles. The minimum absolute atomic E-state index is 0.101. The minimum atomic E-state index is -0.697. The molecule has 552 valence electrons. The normalized spacial score (nSPS) is 12.6. The monoisotopic (exact) mass is 1520 g/mol. The number of fused-ring (bicyclic) bond motifs is 12. The molecule has 0 bridgehead atoms. The quantitative estimate of drug-likeness (QED) is 0.0226. The zero-order chi connectivity index (χ0) is 77.5. The van der Waals surface area contributed by atoms with E-state index in [2.05, 4.69) is 43.6 Å². The van der Waals surface area contributed by atoms with E-state index in [0.717, 1.165) is 121 Å². The number of carbonyl (C=O) groups is 4. The number of benzene rings is 6. The van der Waals surface area contributed by atoms with Gasteiger partial charge in [-0.25, -0.2) is 39.1 Å². The first-order chi connectivity index (χ1) is 54.7. The zero-order valence-electron chi connectivity index (χ0n) is 60.6. The molecule has 0 saturated carbocycles. The molecule has 112 heavy (non-hydrogen) atoms. The van der Waals surface area contributed by atoms with E-state index < -0.39 is 51.0 Å². The number of aromatic nitrogens is 8. The standard InChI is InChI=1S/C45H34N6O6.C41H30N6O6S2/c1-5-30-15-17-36-34(19-30)40(32-13-9-7-11-28(32)3)46-21-38-42(48-23-50(36)38)44(52)56-26-54-25-55-27-57-45(53)43-39-22-47-41(33-14-10-8-12-29(33)4)35-20-31(6-2)16-18-37(35)51(39)24-49-43;1-5-26-15-30-38(54-26)34(28-13-9-7-11-24(28)3)42-17-32-36(44-19-46(30)32)40(48)52-22-50-21-51-23-53-41(49)37-33-18-43-35(29-14-10-8-12-25(29)4)39-31(47(33)20-45-37)16-27(6-2)55-39/h1-2,7-20,23-24H,21-22,25-27H2,3-4H3;1-2,7-16,19-20H,17-18,21-23H2,3-4H3. The Morgan fingerprint density at radius 1 is 0.348 bits per heavy atom. The van der Waals surface area contributed by atoms with Crippen LogP contribution in [0.2, 0.25) is 0 Å². The fourth-order valence-electron chi connectivity index (χ4n) is 13.3. The highest BCUT2D eigenvalue weighted by Crippen LogP contribution is 2.38. The van der Waals surface area contributed by atoms with Gasteiger partial charge in [-0.15, -0.1) is 48.4 Å². The van der Waals surface area contributed by atoms with Crippen LogP contribution in [0.1, 0.15) is 151 Å². The zero-order valence-corrected chi connectivity index (χ0v) is 62.3. The maximum absolute atomic E-state index is 13.2. The SMILES string of the molecule is C#Cc1cc2c(s1)C(c1ccccc1C)=NCc1c(C(=O)OCOCOCOC(=O)c3ncn4c3CN=C(c3ccccc3C)c3sc(C#C)cc3-4)ncn1-2.C#Cc1ccc2c(c1)C(c1ccccc1C)=NCc1c(C(=O)OCOCOCOC(=O)c3ncn4c3CN=C(c3ccccc3C)c3cc(C#C)ccc3-4)ncn1-2. The number of nitrogens with zero attached hydrogens (tertiary/aromatic N) is 12. The Morgan fingerprint density at radius 2 is 0.634 bits per heavy atom. The summed E-state index contributed by atoms with van der Waals surface area (Å²) in [7, 11) is 0. The van der Waals surface area contributed by atoms with Crippen molar-refractivity contribution in [3.63, 3.8) is 0 Å². The Morgan fingerprint density at radius 3 is 0.929 bits per heavy atom. The van der Waals surface area contributed by atoms with Crippen molar-refractivity contribution >= 4 is 69.4 Å². The average molecular weight is 1520 g/mol. The molecule has 0 fully saturated rings. The highest BCUT2D eigenvalue weighted by atomic mass is 32.1. The molecule has 4 aliphatic rings. The van der Waals surface area contributed by atoms with Crippen LogP contribution in [-0.4, -0.2) is 126 Å². The second-order valence-electron chi connectivity index (χ2n) is 25.5. The van der Waals surface area contributed by atoms with Crippen molar-refractivity contribution in [1.82, 2.24) is 38.2 Å². The number of hydrogen-bond acceptors (Lipinski definition) is 22. The van der Waals surface area contributed by atoms with E-state index in [-0.39, 0.29) is 62.5 Å². The number of imidazole rings is 4. The lowest BCUT2D eigenvalue weighted by molar-refractivity contribution is -0.147. The molecule has 0 atom stereocenters. The van der Waals surface area contributed by atoms with Gasteiger partial charge in [0.2, 0.25) is 0 Å². The van der Waals surface area contributed by atoms with E-state index in [9.17, 15) is 19.2 Å². The smallest absolute Gasteiger partial charge is 0.361 e. The van der Waals surface area contributed by atoms with Crippen molar-refractivity contribution < 1.29 is 57.1 Å². The van der Waals surface area contributed by atoms with Crippen LogP contribution in [0.4, 0.5) is 0 Å². The first-order valence-corrected chi connectivity index (χ1v) is 36.5. The topological polar surface area (TPSA) is 263 Å². The van der Waals surface area contributed by atoms with Gasteiger partial charge in [0.15, 0.2) is 63.5 Å². The molecule has 0 amide bonds. The summed E-state index contributed by atoms with van der Waals surface area (Å²) in [5.74, 6) is 8.03. The lowest BCUT2D eigenvalue weighted by Gasteiger charge is -2.14. The Kier molecular flexibility index (Phi) is 21.4. The fraction of sp³-hybridized carbons (Fsp3) is 0.163. The van der Waals surface area contributed by atoms with Gasteiger partial charge in [-0.05, 0) is 98.5 Å². The van der Waals surface area contributed by atoms with E-state index in [0.29, 0.717) is 33.9 Å². The molecule has 0 radical (unpaired) electrons. The molecule has 0 unspecified atom stereocenters. The Bertz CT molecular complexity index is 5740. The number of carbonyl (C=O) groups excluding carboxylic acids is 4. The van der Waals surface area contributed by atoms with Crippen LogP contribution < -0.4 is 0 Å². The third-order valence-electron chi connectivity index (χ3n) is 18.8. The first-order valence-electron chi connectivity index (χ1n) is 34.8. The van der Waals surface area contributed by atoms with Gasteiger partial charge in [-0.1, -0.05) is 121 Å². The molecule has 4 aliphatic heterocycles. The van der Waals surface area contributed by atoms with Crippen LogP contribution >= 0.6 is 22.7 Å². The second-order valence-corrected chi connectivity index (χ2v) is 27.6. The molecular formula is C86H64N12O12S2. The highest BCUT2D eigenvalue weighted by Gasteiger charge is 2.33. The first kappa shape index (κ1) is 73.7. The van der Waals surface area contributed by atoms with E-state index in [1.807, 2.05) is 192 Å².